The quantitative estimate of drug-likeness (QED) is 0.589. The third-order valence-corrected chi connectivity index (χ3v) is 4.38. The molecule has 1 rings (SSSR count). The summed E-state index contributed by atoms with van der Waals surface area (Å²) >= 11 is 0. The molecule has 0 aromatic heterocycles. The van der Waals surface area contributed by atoms with E-state index >= 15 is 0 Å². The second kappa shape index (κ2) is 6.88. The molecule has 1 aromatic rings. The number of sulfonamides is 1. The predicted octanol–water partition coefficient (Wildman–Crippen LogP) is 1.59. The Kier molecular flexibility index (Phi) is 5.78. The van der Waals surface area contributed by atoms with Crippen molar-refractivity contribution >= 4 is 15.7 Å². The highest BCUT2D eigenvalue weighted by atomic mass is 32.2. The SMILES string of the molecule is CCOCCCNS(=O)(=O)c1cc(C)cc(N)c1C. The summed E-state index contributed by atoms with van der Waals surface area (Å²) in [6.07, 6.45) is 0.646. The first-order valence-corrected chi connectivity index (χ1v) is 7.81. The molecule has 0 bridgehead atoms. The Labute approximate surface area is 115 Å². The lowest BCUT2D eigenvalue weighted by Gasteiger charge is -2.12. The maximum Gasteiger partial charge on any atom is 0.240 e. The van der Waals surface area contributed by atoms with E-state index in [1.54, 1.807) is 19.1 Å². The Morgan fingerprint density at radius 3 is 2.63 bits per heavy atom. The van der Waals surface area contributed by atoms with Crippen LogP contribution in [0.25, 0.3) is 0 Å². The fourth-order valence-electron chi connectivity index (χ4n) is 1.73. The molecule has 0 saturated carbocycles. The van der Waals surface area contributed by atoms with E-state index in [0.717, 1.165) is 5.56 Å². The molecular weight excluding hydrogens is 264 g/mol. The molecule has 0 heterocycles. The van der Waals surface area contributed by atoms with Crippen LogP contribution in [0.3, 0.4) is 0 Å². The summed E-state index contributed by atoms with van der Waals surface area (Å²) in [6.45, 7) is 6.99. The maximum absolute atomic E-state index is 12.2. The Hall–Kier alpha value is -1.11. The van der Waals surface area contributed by atoms with Crippen LogP contribution in [-0.4, -0.2) is 28.2 Å². The predicted molar refractivity (Wildman–Crippen MR) is 76.6 cm³/mol. The molecule has 1 aromatic carbocycles. The second-order valence-corrected chi connectivity index (χ2v) is 6.16. The van der Waals surface area contributed by atoms with E-state index < -0.39 is 10.0 Å². The summed E-state index contributed by atoms with van der Waals surface area (Å²) < 4.78 is 32.1. The van der Waals surface area contributed by atoms with Gasteiger partial charge in [-0.05, 0) is 50.5 Å². The van der Waals surface area contributed by atoms with Gasteiger partial charge in [0.05, 0.1) is 4.90 Å². The van der Waals surface area contributed by atoms with Crippen LogP contribution in [0.5, 0.6) is 0 Å². The molecule has 0 amide bonds. The van der Waals surface area contributed by atoms with Crippen LogP contribution in [0.4, 0.5) is 5.69 Å². The standard InChI is InChI=1S/C13H22N2O3S/c1-4-18-7-5-6-15-19(16,17)13-9-10(2)8-12(14)11(13)3/h8-9,15H,4-7,14H2,1-3H3. The van der Waals surface area contributed by atoms with Crippen molar-refractivity contribution in [3.8, 4) is 0 Å². The number of nitrogen functional groups attached to an aromatic ring is 1. The topological polar surface area (TPSA) is 81.4 Å². The zero-order chi connectivity index (χ0) is 14.5. The third kappa shape index (κ3) is 4.49. The number of anilines is 1. The Morgan fingerprint density at radius 2 is 2.00 bits per heavy atom. The summed E-state index contributed by atoms with van der Waals surface area (Å²) in [7, 11) is -3.51. The Morgan fingerprint density at radius 1 is 1.32 bits per heavy atom. The molecule has 108 valence electrons. The minimum absolute atomic E-state index is 0.251. The van der Waals surface area contributed by atoms with Crippen LogP contribution in [-0.2, 0) is 14.8 Å². The van der Waals surface area contributed by atoms with Crippen LogP contribution >= 0.6 is 0 Å². The molecule has 0 unspecified atom stereocenters. The van der Waals surface area contributed by atoms with E-state index in [0.29, 0.717) is 37.4 Å². The van der Waals surface area contributed by atoms with Crippen molar-refractivity contribution in [3.63, 3.8) is 0 Å². The lowest BCUT2D eigenvalue weighted by molar-refractivity contribution is 0.146. The number of nitrogens with two attached hydrogens (primary N) is 1. The number of benzene rings is 1. The first-order valence-electron chi connectivity index (χ1n) is 6.32. The van der Waals surface area contributed by atoms with E-state index in [1.165, 1.54) is 0 Å². The van der Waals surface area contributed by atoms with Crippen molar-refractivity contribution in [1.82, 2.24) is 4.72 Å². The van der Waals surface area contributed by atoms with E-state index in [2.05, 4.69) is 4.72 Å². The maximum atomic E-state index is 12.2. The molecule has 6 heteroatoms. The van der Waals surface area contributed by atoms with Gasteiger partial charge in [0.25, 0.3) is 0 Å². The van der Waals surface area contributed by atoms with Crippen LogP contribution < -0.4 is 10.5 Å². The van der Waals surface area contributed by atoms with Gasteiger partial charge in [0, 0.05) is 25.4 Å². The second-order valence-electron chi connectivity index (χ2n) is 4.43. The molecule has 19 heavy (non-hydrogen) atoms. The van der Waals surface area contributed by atoms with Gasteiger partial charge < -0.3 is 10.5 Å². The molecule has 5 nitrogen and oxygen atoms in total. The van der Waals surface area contributed by atoms with Crippen molar-refractivity contribution in [1.29, 1.82) is 0 Å². The van der Waals surface area contributed by atoms with E-state index in [9.17, 15) is 8.42 Å². The highest BCUT2D eigenvalue weighted by Gasteiger charge is 2.18. The van der Waals surface area contributed by atoms with Crippen molar-refractivity contribution in [2.75, 3.05) is 25.5 Å². The zero-order valence-corrected chi connectivity index (χ0v) is 12.5. The summed E-state index contributed by atoms with van der Waals surface area (Å²) in [5.74, 6) is 0. The normalized spacial score (nSPS) is 11.7. The van der Waals surface area contributed by atoms with Crippen LogP contribution in [0.2, 0.25) is 0 Å². The summed E-state index contributed by atoms with van der Waals surface area (Å²) in [6, 6.07) is 3.40. The van der Waals surface area contributed by atoms with Gasteiger partial charge in [0.15, 0.2) is 0 Å². The number of nitrogens with one attached hydrogen (secondary N) is 1. The highest BCUT2D eigenvalue weighted by molar-refractivity contribution is 7.89. The molecule has 0 fully saturated rings. The van der Waals surface area contributed by atoms with Crippen molar-refractivity contribution in [3.05, 3.63) is 23.3 Å². The van der Waals surface area contributed by atoms with Crippen molar-refractivity contribution in [2.45, 2.75) is 32.1 Å². The molecule has 0 radical (unpaired) electrons. The van der Waals surface area contributed by atoms with Gasteiger partial charge in [-0.2, -0.15) is 0 Å². The van der Waals surface area contributed by atoms with Crippen molar-refractivity contribution < 1.29 is 13.2 Å². The van der Waals surface area contributed by atoms with Gasteiger partial charge in [-0.25, -0.2) is 13.1 Å². The van der Waals surface area contributed by atoms with E-state index in [-0.39, 0.29) is 4.90 Å². The highest BCUT2D eigenvalue weighted by Crippen LogP contribution is 2.22. The van der Waals surface area contributed by atoms with E-state index in [4.69, 9.17) is 10.5 Å². The fraction of sp³-hybridized carbons (Fsp3) is 0.538. The summed E-state index contributed by atoms with van der Waals surface area (Å²) in [4.78, 5) is 0.251. The molecule has 0 aliphatic rings. The average Bonchev–Trinajstić information content (AvgIpc) is 2.33. The number of aryl methyl sites for hydroxylation is 1. The molecular formula is C13H22N2O3S. The lowest BCUT2D eigenvalue weighted by Crippen LogP contribution is -2.26. The minimum atomic E-state index is -3.51. The van der Waals surface area contributed by atoms with Crippen molar-refractivity contribution in [2.24, 2.45) is 0 Å². The number of hydrogen-bond donors (Lipinski definition) is 2. The summed E-state index contributed by atoms with van der Waals surface area (Å²) in [5, 5.41) is 0. The fourth-order valence-corrected chi connectivity index (χ4v) is 3.17. The monoisotopic (exact) mass is 286 g/mol. The van der Waals surface area contributed by atoms with Gasteiger partial charge in [-0.15, -0.1) is 0 Å². The molecule has 0 aliphatic carbocycles. The van der Waals surface area contributed by atoms with Crippen LogP contribution in [0, 0.1) is 13.8 Å². The first kappa shape index (κ1) is 15.9. The largest absolute Gasteiger partial charge is 0.398 e. The first-order chi connectivity index (χ1) is 8.88. The Bertz CT molecular complexity index is 527. The zero-order valence-electron chi connectivity index (χ0n) is 11.7. The summed E-state index contributed by atoms with van der Waals surface area (Å²) in [5.41, 5.74) is 7.71. The molecule has 0 saturated heterocycles. The number of rotatable bonds is 7. The van der Waals surface area contributed by atoms with Crippen LogP contribution in [0.15, 0.2) is 17.0 Å². The molecule has 0 atom stereocenters. The van der Waals surface area contributed by atoms with Crippen LogP contribution in [0.1, 0.15) is 24.5 Å². The average molecular weight is 286 g/mol. The van der Waals surface area contributed by atoms with Gasteiger partial charge >= 0.3 is 0 Å². The molecule has 3 N–H and O–H groups in total. The minimum Gasteiger partial charge on any atom is -0.398 e. The lowest BCUT2D eigenvalue weighted by atomic mass is 10.1. The van der Waals surface area contributed by atoms with Gasteiger partial charge in [0.1, 0.15) is 0 Å². The van der Waals surface area contributed by atoms with Gasteiger partial charge in [-0.1, -0.05) is 0 Å². The third-order valence-electron chi connectivity index (χ3n) is 2.80. The molecule has 0 spiro atoms. The van der Waals surface area contributed by atoms with Gasteiger partial charge in [0.2, 0.25) is 10.0 Å². The van der Waals surface area contributed by atoms with E-state index in [1.807, 2.05) is 13.8 Å². The number of ether oxygens (including phenoxy) is 1. The smallest absolute Gasteiger partial charge is 0.240 e. The van der Waals surface area contributed by atoms with Gasteiger partial charge in [-0.3, -0.25) is 0 Å². The Balaban J connectivity index is 2.78. The molecule has 0 aliphatic heterocycles. The number of hydrogen-bond acceptors (Lipinski definition) is 4.